The summed E-state index contributed by atoms with van der Waals surface area (Å²) >= 11 is 0. The van der Waals surface area contributed by atoms with Crippen molar-refractivity contribution in [3.63, 3.8) is 0 Å². The number of carbonyl (C=O) groups excluding carboxylic acids is 7. The number of nitrogens with zero attached hydrogens (tertiary/aromatic N) is 4. The van der Waals surface area contributed by atoms with Crippen LogP contribution >= 0.6 is 0 Å². The quantitative estimate of drug-likeness (QED) is 0.0943. The molecule has 376 valence electrons. The number of benzene rings is 1. The van der Waals surface area contributed by atoms with Crippen molar-refractivity contribution < 1.29 is 52.9 Å². The molecular formula is C51H76N6O11. The Morgan fingerprint density at radius 2 is 1.56 bits per heavy atom. The van der Waals surface area contributed by atoms with Gasteiger partial charge in [-0.1, -0.05) is 84.7 Å². The van der Waals surface area contributed by atoms with Gasteiger partial charge in [-0.2, -0.15) is 0 Å². The minimum atomic E-state index is -1.16. The summed E-state index contributed by atoms with van der Waals surface area (Å²) in [7, 11) is 4.68. The average molecular weight is 949 g/mol. The summed E-state index contributed by atoms with van der Waals surface area (Å²) in [6.07, 6.45) is 6.57. The van der Waals surface area contributed by atoms with Crippen LogP contribution in [0, 0.1) is 29.6 Å². The number of hydrogen-bond donors (Lipinski definition) is 3. The van der Waals surface area contributed by atoms with Crippen molar-refractivity contribution >= 4 is 47.3 Å². The number of unbranched alkanes of at least 4 members (excludes halogenated alkanes) is 2. The number of carboxylic acids is 1. The number of carboxylic acid groups (broad SMARTS) is 1. The van der Waals surface area contributed by atoms with E-state index in [1.165, 1.54) is 31.3 Å². The van der Waals surface area contributed by atoms with Gasteiger partial charge >= 0.3 is 5.97 Å². The third-order valence-electron chi connectivity index (χ3n) is 15.3. The summed E-state index contributed by atoms with van der Waals surface area (Å²) in [6, 6.07) is 5.12. The smallest absolute Gasteiger partial charge is 0.326 e. The second-order valence-corrected chi connectivity index (χ2v) is 19.8. The molecule has 7 amide bonds. The molecule has 1 aromatic carbocycles. The first-order chi connectivity index (χ1) is 32.4. The molecule has 3 N–H and O–H groups in total. The summed E-state index contributed by atoms with van der Waals surface area (Å²) in [6.45, 7) is 12.2. The van der Waals surface area contributed by atoms with Crippen LogP contribution in [-0.4, -0.2) is 155 Å². The van der Waals surface area contributed by atoms with Crippen LogP contribution in [-0.2, 0) is 54.3 Å². The third-order valence-corrected chi connectivity index (χ3v) is 15.3. The number of piperidine rings is 1. The van der Waals surface area contributed by atoms with Crippen LogP contribution in [0.2, 0.25) is 0 Å². The first kappa shape index (κ1) is 53.8. The molecule has 17 nitrogen and oxygen atoms in total. The monoisotopic (exact) mass is 949 g/mol. The number of hydrogen-bond acceptors (Lipinski definition) is 10. The van der Waals surface area contributed by atoms with Crippen molar-refractivity contribution in [1.82, 2.24) is 30.2 Å². The minimum Gasteiger partial charge on any atom is -0.480 e. The number of aliphatic carboxylic acids is 1. The fourth-order valence-electron chi connectivity index (χ4n) is 11.2. The highest BCUT2D eigenvalue weighted by atomic mass is 16.5. The molecule has 2 bridgehead atoms. The van der Waals surface area contributed by atoms with E-state index in [-0.39, 0.29) is 91.0 Å². The summed E-state index contributed by atoms with van der Waals surface area (Å²) in [5.74, 6) is -4.53. The van der Waals surface area contributed by atoms with Crippen LogP contribution in [0.5, 0.6) is 0 Å². The highest BCUT2D eigenvalue weighted by Crippen LogP contribution is 2.47. The number of carbonyl (C=O) groups is 8. The minimum absolute atomic E-state index is 0.0492. The molecule has 12 atom stereocenters. The van der Waals surface area contributed by atoms with Crippen molar-refractivity contribution in [1.29, 1.82) is 0 Å². The van der Waals surface area contributed by atoms with E-state index in [1.807, 2.05) is 45.9 Å². The number of fused-ring (bicyclic) bond motifs is 2. The van der Waals surface area contributed by atoms with Gasteiger partial charge in [-0.15, -0.1) is 0 Å². The van der Waals surface area contributed by atoms with Crippen LogP contribution in [0.25, 0.3) is 0 Å². The molecule has 0 spiro atoms. The molecule has 68 heavy (non-hydrogen) atoms. The number of imide groups is 1. The van der Waals surface area contributed by atoms with Gasteiger partial charge in [0.25, 0.3) is 11.8 Å². The van der Waals surface area contributed by atoms with Gasteiger partial charge in [0.15, 0.2) is 0 Å². The summed E-state index contributed by atoms with van der Waals surface area (Å²) in [5.41, 5.74) is 0.766. The zero-order valence-electron chi connectivity index (χ0n) is 41.6. The molecule has 3 aliphatic heterocycles. The number of ether oxygens (including phenoxy) is 2. The number of likely N-dealkylation sites (tertiary alicyclic amines) is 2. The molecule has 3 heterocycles. The topological polar surface area (TPSA) is 212 Å². The van der Waals surface area contributed by atoms with Crippen molar-refractivity contribution in [2.45, 2.75) is 161 Å². The molecule has 0 aromatic heterocycles. The van der Waals surface area contributed by atoms with Crippen LogP contribution in [0.1, 0.15) is 111 Å². The summed E-state index contributed by atoms with van der Waals surface area (Å²) in [4.78, 5) is 113. The van der Waals surface area contributed by atoms with Crippen molar-refractivity contribution in [2.75, 3.05) is 34.4 Å². The van der Waals surface area contributed by atoms with Crippen molar-refractivity contribution in [3.05, 3.63) is 48.0 Å². The van der Waals surface area contributed by atoms with Gasteiger partial charge in [-0.25, -0.2) is 4.79 Å². The zero-order valence-corrected chi connectivity index (χ0v) is 41.6. The highest BCUT2D eigenvalue weighted by molar-refractivity contribution is 6.12. The number of methoxy groups -OCH3 is 2. The van der Waals surface area contributed by atoms with E-state index < -0.39 is 60.2 Å². The molecule has 0 unspecified atom stereocenters. The fraction of sp³-hybridized carbons (Fsp3) is 0.686. The second kappa shape index (κ2) is 24.4. The maximum absolute atomic E-state index is 14.7. The molecular weight excluding hydrogens is 873 g/mol. The number of nitrogens with one attached hydrogen (secondary N) is 2. The molecule has 3 fully saturated rings. The maximum atomic E-state index is 14.7. The lowest BCUT2D eigenvalue weighted by Crippen LogP contribution is -2.60. The molecule has 1 aliphatic carbocycles. The van der Waals surface area contributed by atoms with E-state index in [0.717, 1.165) is 18.4 Å². The molecule has 1 aromatic rings. The summed E-state index contributed by atoms with van der Waals surface area (Å²) in [5, 5.41) is 15.7. The first-order valence-corrected chi connectivity index (χ1v) is 24.7. The SMILES string of the molecule is CC[C@H](C)[C@@H]([C@@H](CC(=O)N1CCC[C@H]1[C@H](OC)[C@@H](C)C(=O)N[C@@H](Cc1ccccc1)C(=O)O)OC)N(C)C(=O)[C@@H](NC(=O)[C@@H]1[C@H]2CC[C@@H]([C@H]2C)N1C(=O)CCCCCN1C(=O)C=CC1=O)C(C)C. The Morgan fingerprint density at radius 3 is 2.16 bits per heavy atom. The molecule has 17 heteroatoms. The van der Waals surface area contributed by atoms with E-state index in [1.54, 1.807) is 40.8 Å². The Balaban J connectivity index is 1.24. The van der Waals surface area contributed by atoms with Crippen molar-refractivity contribution in [3.8, 4) is 0 Å². The number of rotatable bonds is 25. The van der Waals surface area contributed by atoms with E-state index >= 15 is 0 Å². The van der Waals surface area contributed by atoms with Crippen LogP contribution in [0.4, 0.5) is 0 Å². The Kier molecular flexibility index (Phi) is 19.3. The van der Waals surface area contributed by atoms with Gasteiger partial charge < -0.3 is 39.9 Å². The van der Waals surface area contributed by atoms with E-state index in [2.05, 4.69) is 17.6 Å². The number of likely N-dealkylation sites (N-methyl/N-ethyl adjacent to an activating group) is 1. The Hall–Kier alpha value is -5.16. The molecule has 5 rings (SSSR count). The molecule has 4 aliphatic rings. The van der Waals surface area contributed by atoms with Crippen molar-refractivity contribution in [2.24, 2.45) is 29.6 Å². The normalized spacial score (nSPS) is 24.1. The third kappa shape index (κ3) is 12.3. The van der Waals surface area contributed by atoms with Gasteiger partial charge in [0, 0.05) is 65.4 Å². The predicted molar refractivity (Wildman–Crippen MR) is 253 cm³/mol. The summed E-state index contributed by atoms with van der Waals surface area (Å²) < 4.78 is 12.0. The highest BCUT2D eigenvalue weighted by Gasteiger charge is 2.56. The van der Waals surface area contributed by atoms with Crippen LogP contribution < -0.4 is 10.6 Å². The van der Waals surface area contributed by atoms with Gasteiger partial charge in [0.2, 0.25) is 29.5 Å². The lowest BCUT2D eigenvalue weighted by Gasteiger charge is -2.41. The van der Waals surface area contributed by atoms with Crippen LogP contribution in [0.15, 0.2) is 42.5 Å². The Bertz CT molecular complexity index is 1980. The average Bonchev–Trinajstić information content (AvgIpc) is 4.10. The zero-order chi connectivity index (χ0) is 50.0. The fourth-order valence-corrected chi connectivity index (χ4v) is 11.2. The molecule has 0 radical (unpaired) electrons. The van der Waals surface area contributed by atoms with E-state index in [0.29, 0.717) is 45.1 Å². The first-order valence-electron chi connectivity index (χ1n) is 24.7. The standard InChI is InChI=1S/C51H76N6O11/c1-10-31(4)45(39(67-8)29-43(61)55-27-17-20-38(55)47(68-9)33(6)48(62)52-36(51(65)66)28-34-18-13-11-14-19-34)54(7)50(64)44(30(2)3)53-49(63)46-35-22-23-37(32(35)5)57(46)42(60)21-15-12-16-26-56-40(58)24-25-41(56)59/h11,13-14,18-19,24-25,30-33,35-39,44-47H,10,12,15-17,20-23,26-29H2,1-9H3,(H,52,62)(H,53,63)(H,65,66)/t31-,32-,33+,35-,36-,37-,38-,39+,44-,45-,46-,47+/m0/s1. The Labute approximate surface area is 402 Å². The molecule has 1 saturated carbocycles. The van der Waals surface area contributed by atoms with E-state index in [9.17, 15) is 43.5 Å². The van der Waals surface area contributed by atoms with Gasteiger partial charge in [0.05, 0.1) is 36.6 Å². The van der Waals surface area contributed by atoms with Crippen LogP contribution in [0.3, 0.4) is 0 Å². The Morgan fingerprint density at radius 1 is 0.882 bits per heavy atom. The largest absolute Gasteiger partial charge is 0.480 e. The van der Waals surface area contributed by atoms with Gasteiger partial charge in [0.1, 0.15) is 18.1 Å². The molecule has 2 saturated heterocycles. The lowest BCUT2D eigenvalue weighted by atomic mass is 9.89. The predicted octanol–water partition coefficient (Wildman–Crippen LogP) is 3.97. The second-order valence-electron chi connectivity index (χ2n) is 19.8. The van der Waals surface area contributed by atoms with Gasteiger partial charge in [-0.3, -0.25) is 38.5 Å². The maximum Gasteiger partial charge on any atom is 0.326 e. The van der Waals surface area contributed by atoms with Gasteiger partial charge in [-0.05, 0) is 67.8 Å². The number of amides is 7. The van der Waals surface area contributed by atoms with E-state index in [4.69, 9.17) is 9.47 Å². The lowest BCUT2D eigenvalue weighted by molar-refractivity contribution is -0.149.